The van der Waals surface area contributed by atoms with Gasteiger partial charge in [0.1, 0.15) is 0 Å². The monoisotopic (exact) mass is 276 g/mol. The van der Waals surface area contributed by atoms with E-state index in [0.29, 0.717) is 0 Å². The molecule has 2 saturated carbocycles. The zero-order chi connectivity index (χ0) is 14.2. The van der Waals surface area contributed by atoms with Crippen LogP contribution in [0.3, 0.4) is 0 Å². The van der Waals surface area contributed by atoms with Crippen molar-refractivity contribution in [2.24, 2.45) is 23.7 Å². The van der Waals surface area contributed by atoms with E-state index < -0.39 is 0 Å². The Bertz CT molecular complexity index is 251. The molecule has 0 aromatic rings. The zero-order valence-corrected chi connectivity index (χ0v) is 13.8. The molecule has 0 bridgehead atoms. The van der Waals surface area contributed by atoms with E-state index in [1.165, 1.54) is 83.5 Å². The number of rotatable bonds is 7. The van der Waals surface area contributed by atoms with Gasteiger partial charge in [0.15, 0.2) is 0 Å². The van der Waals surface area contributed by atoms with Gasteiger partial charge in [0, 0.05) is 0 Å². The summed E-state index contributed by atoms with van der Waals surface area (Å²) in [6.45, 7) is 6.28. The summed E-state index contributed by atoms with van der Waals surface area (Å²) in [7, 11) is 0. The highest BCUT2D eigenvalue weighted by atomic mass is 14.3. The average molecular weight is 277 g/mol. The van der Waals surface area contributed by atoms with Gasteiger partial charge in [0.2, 0.25) is 0 Å². The maximum Gasteiger partial charge on any atom is -0.0236 e. The summed E-state index contributed by atoms with van der Waals surface area (Å²) in [6, 6.07) is 0. The summed E-state index contributed by atoms with van der Waals surface area (Å²) >= 11 is 0. The Kier molecular flexibility index (Phi) is 7.17. The van der Waals surface area contributed by atoms with E-state index in [1.807, 2.05) is 0 Å². The molecule has 2 fully saturated rings. The van der Waals surface area contributed by atoms with E-state index in [4.69, 9.17) is 0 Å². The van der Waals surface area contributed by atoms with Gasteiger partial charge in [-0.25, -0.2) is 0 Å². The van der Waals surface area contributed by atoms with Gasteiger partial charge in [-0.1, -0.05) is 70.8 Å². The van der Waals surface area contributed by atoms with Gasteiger partial charge in [-0.15, -0.1) is 6.58 Å². The minimum absolute atomic E-state index is 0.834. The first-order valence-electron chi connectivity index (χ1n) is 9.44. The van der Waals surface area contributed by atoms with Crippen molar-refractivity contribution in [1.29, 1.82) is 0 Å². The van der Waals surface area contributed by atoms with Crippen LogP contribution in [0.4, 0.5) is 0 Å². The summed E-state index contributed by atoms with van der Waals surface area (Å²) in [5.41, 5.74) is 0. The summed E-state index contributed by atoms with van der Waals surface area (Å²) in [5, 5.41) is 0. The summed E-state index contributed by atoms with van der Waals surface area (Å²) < 4.78 is 0. The van der Waals surface area contributed by atoms with E-state index in [1.54, 1.807) is 0 Å². The van der Waals surface area contributed by atoms with Crippen molar-refractivity contribution in [1.82, 2.24) is 0 Å². The van der Waals surface area contributed by atoms with Gasteiger partial charge in [-0.05, 0) is 49.4 Å². The second kappa shape index (κ2) is 8.90. The molecule has 2 rings (SSSR count). The van der Waals surface area contributed by atoms with Crippen LogP contribution >= 0.6 is 0 Å². The van der Waals surface area contributed by atoms with Gasteiger partial charge < -0.3 is 0 Å². The van der Waals surface area contributed by atoms with Gasteiger partial charge in [-0.2, -0.15) is 0 Å². The predicted octanol–water partition coefficient (Wildman–Crippen LogP) is 6.76. The number of hydrogen-bond donors (Lipinski definition) is 0. The molecule has 0 spiro atoms. The van der Waals surface area contributed by atoms with Crippen molar-refractivity contribution in [2.45, 2.75) is 90.4 Å². The molecular formula is C20H36. The van der Waals surface area contributed by atoms with Crippen molar-refractivity contribution in [3.05, 3.63) is 12.7 Å². The van der Waals surface area contributed by atoms with E-state index >= 15 is 0 Å². The number of allylic oxidation sites excluding steroid dienone is 1. The van der Waals surface area contributed by atoms with Gasteiger partial charge in [0.05, 0.1) is 0 Å². The third-order valence-corrected chi connectivity index (χ3v) is 6.14. The Morgan fingerprint density at radius 2 is 1.20 bits per heavy atom. The van der Waals surface area contributed by atoms with Crippen LogP contribution in [-0.2, 0) is 0 Å². The molecule has 0 aromatic heterocycles. The van der Waals surface area contributed by atoms with E-state index in [0.717, 1.165) is 23.7 Å². The third-order valence-electron chi connectivity index (χ3n) is 6.14. The minimum atomic E-state index is 0.834. The minimum Gasteiger partial charge on any atom is -0.103 e. The van der Waals surface area contributed by atoms with E-state index in [-0.39, 0.29) is 0 Å². The van der Waals surface area contributed by atoms with Gasteiger partial charge in [0.25, 0.3) is 0 Å². The highest BCUT2D eigenvalue weighted by Crippen LogP contribution is 2.37. The molecule has 0 amide bonds. The lowest BCUT2D eigenvalue weighted by Crippen LogP contribution is -2.17. The van der Waals surface area contributed by atoms with Crippen molar-refractivity contribution >= 4 is 0 Å². The molecule has 2 aliphatic rings. The standard InChI is InChI=1S/C20H36/c1-3-5-6-18-11-13-20(14-12-18)16-15-19-9-7-17(4-2)8-10-19/h4,17-20H,2-3,5-16H2,1H3. The summed E-state index contributed by atoms with van der Waals surface area (Å²) in [6.07, 6.45) is 21.5. The largest absolute Gasteiger partial charge is 0.103 e. The SMILES string of the molecule is C=CC1CCC(CCC2CCC(CCCC)CC2)CC1. The molecule has 2 aliphatic carbocycles. The van der Waals surface area contributed by atoms with Crippen LogP contribution in [0, 0.1) is 23.7 Å². The van der Waals surface area contributed by atoms with Crippen LogP contribution in [0.5, 0.6) is 0 Å². The lowest BCUT2D eigenvalue weighted by atomic mass is 9.75. The van der Waals surface area contributed by atoms with Crippen LogP contribution in [0.25, 0.3) is 0 Å². The topological polar surface area (TPSA) is 0 Å². The fourth-order valence-electron chi connectivity index (χ4n) is 4.49. The second-order valence-corrected chi connectivity index (χ2v) is 7.62. The molecule has 0 heterocycles. The molecule has 0 N–H and O–H groups in total. The van der Waals surface area contributed by atoms with Crippen LogP contribution in [0.15, 0.2) is 12.7 Å². The van der Waals surface area contributed by atoms with Gasteiger partial charge >= 0.3 is 0 Å². The first-order valence-corrected chi connectivity index (χ1v) is 9.44. The smallest absolute Gasteiger partial charge is 0.0236 e. The first kappa shape index (κ1) is 16.1. The number of hydrogen-bond acceptors (Lipinski definition) is 0. The molecule has 116 valence electrons. The van der Waals surface area contributed by atoms with Crippen molar-refractivity contribution in [2.75, 3.05) is 0 Å². The molecule has 0 unspecified atom stereocenters. The third kappa shape index (κ3) is 5.26. The second-order valence-electron chi connectivity index (χ2n) is 7.62. The quantitative estimate of drug-likeness (QED) is 0.451. The Labute approximate surface area is 127 Å². The lowest BCUT2D eigenvalue weighted by Gasteiger charge is -2.31. The maximum absolute atomic E-state index is 3.96. The lowest BCUT2D eigenvalue weighted by molar-refractivity contribution is 0.220. The molecule has 0 aliphatic heterocycles. The first-order chi connectivity index (χ1) is 9.81. The molecule has 20 heavy (non-hydrogen) atoms. The molecule has 0 heteroatoms. The normalized spacial score (nSPS) is 34.9. The van der Waals surface area contributed by atoms with Crippen molar-refractivity contribution in [3.63, 3.8) is 0 Å². The van der Waals surface area contributed by atoms with E-state index in [9.17, 15) is 0 Å². The number of unbranched alkanes of at least 4 members (excludes halogenated alkanes) is 1. The Balaban J connectivity index is 1.56. The van der Waals surface area contributed by atoms with Crippen LogP contribution in [0.2, 0.25) is 0 Å². The Morgan fingerprint density at radius 1 is 0.750 bits per heavy atom. The fraction of sp³-hybridized carbons (Fsp3) is 0.900. The van der Waals surface area contributed by atoms with Crippen molar-refractivity contribution in [3.8, 4) is 0 Å². The van der Waals surface area contributed by atoms with E-state index in [2.05, 4.69) is 19.6 Å². The molecule has 0 atom stereocenters. The molecule has 0 radical (unpaired) electrons. The Hall–Kier alpha value is -0.260. The maximum atomic E-state index is 3.96. The van der Waals surface area contributed by atoms with Crippen molar-refractivity contribution < 1.29 is 0 Å². The van der Waals surface area contributed by atoms with Crippen LogP contribution in [-0.4, -0.2) is 0 Å². The predicted molar refractivity (Wildman–Crippen MR) is 89.9 cm³/mol. The molecular weight excluding hydrogens is 240 g/mol. The molecule has 0 nitrogen and oxygen atoms in total. The summed E-state index contributed by atoms with van der Waals surface area (Å²) in [4.78, 5) is 0. The molecule has 0 aromatic carbocycles. The highest BCUT2D eigenvalue weighted by molar-refractivity contribution is 4.84. The molecule has 0 saturated heterocycles. The van der Waals surface area contributed by atoms with Crippen LogP contribution in [0.1, 0.15) is 90.4 Å². The zero-order valence-electron chi connectivity index (χ0n) is 13.8. The average Bonchev–Trinajstić information content (AvgIpc) is 2.52. The van der Waals surface area contributed by atoms with Gasteiger partial charge in [-0.3, -0.25) is 0 Å². The fourth-order valence-corrected chi connectivity index (χ4v) is 4.49. The van der Waals surface area contributed by atoms with Crippen LogP contribution < -0.4 is 0 Å². The Morgan fingerprint density at radius 3 is 1.65 bits per heavy atom. The summed E-state index contributed by atoms with van der Waals surface area (Å²) in [5.74, 6) is 4.03. The highest BCUT2D eigenvalue weighted by Gasteiger charge is 2.23.